The van der Waals surface area contributed by atoms with Crippen LogP contribution in [-0.4, -0.2) is 34.8 Å². The molecular weight excluding hydrogens is 238 g/mol. The van der Waals surface area contributed by atoms with Gasteiger partial charge in [0.2, 0.25) is 0 Å². The number of aromatic nitrogens is 2. The Morgan fingerprint density at radius 1 is 1.53 bits per heavy atom. The van der Waals surface area contributed by atoms with Gasteiger partial charge in [0.15, 0.2) is 0 Å². The van der Waals surface area contributed by atoms with E-state index < -0.39 is 0 Å². The van der Waals surface area contributed by atoms with E-state index in [1.165, 1.54) is 6.33 Å². The molecule has 2 rings (SSSR count). The van der Waals surface area contributed by atoms with E-state index in [2.05, 4.69) is 28.7 Å². The fourth-order valence-electron chi connectivity index (χ4n) is 2.29. The quantitative estimate of drug-likeness (QED) is 0.840. The van der Waals surface area contributed by atoms with Gasteiger partial charge in [-0.05, 0) is 12.3 Å². The zero-order valence-electron chi connectivity index (χ0n) is 10.2. The van der Waals surface area contributed by atoms with Crippen molar-refractivity contribution in [3.05, 3.63) is 17.0 Å². The predicted molar refractivity (Wildman–Crippen MR) is 68.5 cm³/mol. The van der Waals surface area contributed by atoms with Crippen molar-refractivity contribution in [2.75, 3.05) is 24.6 Å². The van der Waals surface area contributed by atoms with Crippen LogP contribution in [0.15, 0.2) is 6.33 Å². The number of anilines is 1. The molecule has 0 aliphatic carbocycles. The molecule has 1 aromatic heterocycles. The van der Waals surface area contributed by atoms with E-state index in [1.54, 1.807) is 0 Å². The van der Waals surface area contributed by atoms with Gasteiger partial charge >= 0.3 is 0 Å². The number of rotatable bonds is 3. The van der Waals surface area contributed by atoms with E-state index in [0.29, 0.717) is 17.0 Å². The molecule has 94 valence electrons. The molecule has 5 heteroatoms. The standard InChI is InChI=1S/C12H18ClN3O/c1-8(2)10-11(13)14-7-15-12(10)16-4-3-9(5-16)6-17/h7-9,17H,3-6H2,1-2H3. The number of aliphatic hydroxyl groups is 1. The first kappa shape index (κ1) is 12.6. The lowest BCUT2D eigenvalue weighted by molar-refractivity contribution is 0.238. The maximum absolute atomic E-state index is 9.18. The molecule has 0 bridgehead atoms. The highest BCUT2D eigenvalue weighted by Gasteiger charge is 2.26. The van der Waals surface area contributed by atoms with Crippen LogP contribution in [0.25, 0.3) is 0 Å². The molecule has 0 amide bonds. The van der Waals surface area contributed by atoms with E-state index in [9.17, 15) is 5.11 Å². The SMILES string of the molecule is CC(C)c1c(Cl)ncnc1N1CCC(CO)C1. The number of hydrogen-bond acceptors (Lipinski definition) is 4. The summed E-state index contributed by atoms with van der Waals surface area (Å²) >= 11 is 6.15. The van der Waals surface area contributed by atoms with Gasteiger partial charge in [-0.2, -0.15) is 0 Å². The lowest BCUT2D eigenvalue weighted by Crippen LogP contribution is -2.23. The maximum atomic E-state index is 9.18. The fraction of sp³-hybridized carbons (Fsp3) is 0.667. The highest BCUT2D eigenvalue weighted by atomic mass is 35.5. The summed E-state index contributed by atoms with van der Waals surface area (Å²) in [7, 11) is 0. The molecule has 2 heterocycles. The molecule has 1 aliphatic heterocycles. The number of nitrogens with zero attached hydrogens (tertiary/aromatic N) is 3. The van der Waals surface area contributed by atoms with Crippen LogP contribution in [0.3, 0.4) is 0 Å². The summed E-state index contributed by atoms with van der Waals surface area (Å²) in [6, 6.07) is 0. The molecule has 0 spiro atoms. The van der Waals surface area contributed by atoms with Gasteiger partial charge in [0, 0.05) is 31.2 Å². The molecule has 0 saturated carbocycles. The Hall–Kier alpha value is -0.870. The number of aliphatic hydroxyl groups excluding tert-OH is 1. The lowest BCUT2D eigenvalue weighted by Gasteiger charge is -2.22. The number of halogens is 1. The highest BCUT2D eigenvalue weighted by Crippen LogP contribution is 2.33. The smallest absolute Gasteiger partial charge is 0.138 e. The van der Waals surface area contributed by atoms with Crippen molar-refractivity contribution in [2.24, 2.45) is 5.92 Å². The molecule has 1 atom stereocenters. The van der Waals surface area contributed by atoms with Crippen molar-refractivity contribution < 1.29 is 5.11 Å². The highest BCUT2D eigenvalue weighted by molar-refractivity contribution is 6.30. The minimum absolute atomic E-state index is 0.242. The van der Waals surface area contributed by atoms with Gasteiger partial charge in [0.05, 0.1) is 0 Å². The van der Waals surface area contributed by atoms with Crippen LogP contribution in [0.4, 0.5) is 5.82 Å². The summed E-state index contributed by atoms with van der Waals surface area (Å²) < 4.78 is 0. The van der Waals surface area contributed by atoms with Gasteiger partial charge in [-0.1, -0.05) is 25.4 Å². The minimum atomic E-state index is 0.242. The molecule has 4 nitrogen and oxygen atoms in total. The average molecular weight is 256 g/mol. The van der Waals surface area contributed by atoms with Gasteiger partial charge in [0.1, 0.15) is 17.3 Å². The van der Waals surface area contributed by atoms with Gasteiger partial charge < -0.3 is 10.0 Å². The van der Waals surface area contributed by atoms with Crippen LogP contribution in [-0.2, 0) is 0 Å². The molecule has 0 radical (unpaired) electrons. The van der Waals surface area contributed by atoms with Crippen LogP contribution >= 0.6 is 11.6 Å². The molecular formula is C12H18ClN3O. The van der Waals surface area contributed by atoms with Crippen LogP contribution in [0, 0.1) is 5.92 Å². The Morgan fingerprint density at radius 3 is 2.88 bits per heavy atom. The zero-order valence-corrected chi connectivity index (χ0v) is 11.0. The van der Waals surface area contributed by atoms with E-state index in [1.807, 2.05) is 0 Å². The molecule has 1 fully saturated rings. The van der Waals surface area contributed by atoms with Gasteiger partial charge in [0.25, 0.3) is 0 Å². The van der Waals surface area contributed by atoms with Crippen LogP contribution < -0.4 is 4.90 Å². The molecule has 0 aromatic carbocycles. The second-order valence-electron chi connectivity index (χ2n) is 4.84. The predicted octanol–water partition coefficient (Wildman–Crippen LogP) is 2.07. The van der Waals surface area contributed by atoms with Gasteiger partial charge in [-0.25, -0.2) is 9.97 Å². The molecule has 1 aliphatic rings. The molecule has 1 aromatic rings. The summed E-state index contributed by atoms with van der Waals surface area (Å²) in [5.41, 5.74) is 1.01. The molecule has 17 heavy (non-hydrogen) atoms. The third-order valence-corrected chi connectivity index (χ3v) is 3.54. The molecule has 1 saturated heterocycles. The van der Waals surface area contributed by atoms with Crippen LogP contribution in [0.1, 0.15) is 31.7 Å². The van der Waals surface area contributed by atoms with Crippen LogP contribution in [0.2, 0.25) is 5.15 Å². The monoisotopic (exact) mass is 255 g/mol. The van der Waals surface area contributed by atoms with Crippen molar-refractivity contribution in [2.45, 2.75) is 26.2 Å². The average Bonchev–Trinajstić information content (AvgIpc) is 2.76. The first-order valence-corrected chi connectivity index (χ1v) is 6.37. The second-order valence-corrected chi connectivity index (χ2v) is 5.20. The van der Waals surface area contributed by atoms with Gasteiger partial charge in [-0.3, -0.25) is 0 Å². The van der Waals surface area contributed by atoms with Crippen molar-refractivity contribution in [1.82, 2.24) is 9.97 Å². The van der Waals surface area contributed by atoms with Crippen molar-refractivity contribution in [3.8, 4) is 0 Å². The van der Waals surface area contributed by atoms with E-state index in [0.717, 1.165) is 30.9 Å². The molecule has 1 N–H and O–H groups in total. The third-order valence-electron chi connectivity index (χ3n) is 3.24. The third kappa shape index (κ3) is 2.53. The Bertz CT molecular complexity index is 397. The van der Waals surface area contributed by atoms with Crippen molar-refractivity contribution in [3.63, 3.8) is 0 Å². The van der Waals surface area contributed by atoms with E-state index in [-0.39, 0.29) is 6.61 Å². The van der Waals surface area contributed by atoms with Crippen molar-refractivity contribution >= 4 is 17.4 Å². The summed E-state index contributed by atoms with van der Waals surface area (Å²) in [5, 5.41) is 9.72. The van der Waals surface area contributed by atoms with E-state index >= 15 is 0 Å². The first-order valence-electron chi connectivity index (χ1n) is 5.99. The topological polar surface area (TPSA) is 49.2 Å². The number of hydrogen-bond donors (Lipinski definition) is 1. The Labute approximate surface area is 107 Å². The summed E-state index contributed by atoms with van der Waals surface area (Å²) in [5.74, 6) is 1.58. The molecule has 1 unspecified atom stereocenters. The lowest BCUT2D eigenvalue weighted by atomic mass is 10.1. The van der Waals surface area contributed by atoms with Crippen LogP contribution in [0.5, 0.6) is 0 Å². The Kier molecular flexibility index (Phi) is 3.84. The maximum Gasteiger partial charge on any atom is 0.138 e. The van der Waals surface area contributed by atoms with Crippen molar-refractivity contribution in [1.29, 1.82) is 0 Å². The Balaban J connectivity index is 2.29. The fourth-order valence-corrected chi connectivity index (χ4v) is 2.63. The Morgan fingerprint density at radius 2 is 2.29 bits per heavy atom. The zero-order chi connectivity index (χ0) is 12.4. The summed E-state index contributed by atoms with van der Waals surface area (Å²) in [6.45, 7) is 6.20. The largest absolute Gasteiger partial charge is 0.396 e. The first-order chi connectivity index (χ1) is 8.13. The van der Waals surface area contributed by atoms with Gasteiger partial charge in [-0.15, -0.1) is 0 Å². The second kappa shape index (κ2) is 5.19. The van der Waals surface area contributed by atoms with E-state index in [4.69, 9.17) is 11.6 Å². The summed E-state index contributed by atoms with van der Waals surface area (Å²) in [6.07, 6.45) is 2.52. The minimum Gasteiger partial charge on any atom is -0.396 e. The summed E-state index contributed by atoms with van der Waals surface area (Å²) in [4.78, 5) is 10.6. The normalized spacial score (nSPS) is 20.3.